The van der Waals surface area contributed by atoms with Crippen molar-refractivity contribution in [1.82, 2.24) is 0 Å². The molecule has 0 aromatic heterocycles. The summed E-state index contributed by atoms with van der Waals surface area (Å²) in [6, 6.07) is 0. The van der Waals surface area contributed by atoms with Crippen LogP contribution < -0.4 is 0 Å². The van der Waals surface area contributed by atoms with Crippen molar-refractivity contribution in [3.05, 3.63) is 0 Å². The molecule has 4 heteroatoms. The van der Waals surface area contributed by atoms with Gasteiger partial charge in [-0.15, -0.1) is 0 Å². The normalized spacial score (nSPS) is 46.2. The Labute approximate surface area is 79.4 Å². The first-order chi connectivity index (χ1) is 5.80. The molecule has 0 amide bonds. The zero-order valence-electron chi connectivity index (χ0n) is 8.33. The van der Waals surface area contributed by atoms with Crippen molar-refractivity contribution in [2.45, 2.75) is 37.5 Å². The molecular weight excluding hydrogens is 188 g/mol. The molecule has 0 saturated carbocycles. The van der Waals surface area contributed by atoms with E-state index in [1.807, 2.05) is 20.8 Å². The first kappa shape index (κ1) is 9.46. The van der Waals surface area contributed by atoms with Crippen LogP contribution in [0.5, 0.6) is 0 Å². The van der Waals surface area contributed by atoms with Crippen molar-refractivity contribution in [2.24, 2.45) is 5.92 Å². The molecule has 2 heterocycles. The average molecular weight is 204 g/mol. The van der Waals surface area contributed by atoms with Crippen LogP contribution in [0.15, 0.2) is 0 Å². The maximum absolute atomic E-state index is 11.7. The molecule has 0 spiro atoms. The lowest BCUT2D eigenvalue weighted by Gasteiger charge is -2.28. The zero-order chi connectivity index (χ0) is 9.91. The van der Waals surface area contributed by atoms with Crippen LogP contribution in [-0.4, -0.2) is 31.1 Å². The fraction of sp³-hybridized carbons (Fsp3) is 1.00. The van der Waals surface area contributed by atoms with E-state index < -0.39 is 14.6 Å². The summed E-state index contributed by atoms with van der Waals surface area (Å²) < 4.78 is 28.2. The lowest BCUT2D eigenvalue weighted by atomic mass is 9.82. The maximum atomic E-state index is 11.7. The van der Waals surface area contributed by atoms with Gasteiger partial charge in [0, 0.05) is 5.92 Å². The molecule has 2 fully saturated rings. The van der Waals surface area contributed by atoms with Crippen LogP contribution in [0.25, 0.3) is 0 Å². The molecule has 3 nitrogen and oxygen atoms in total. The molecule has 2 atom stereocenters. The van der Waals surface area contributed by atoms with Crippen LogP contribution >= 0.6 is 0 Å². The molecule has 2 unspecified atom stereocenters. The Hall–Kier alpha value is -0.0900. The third-order valence-corrected chi connectivity index (χ3v) is 6.31. The highest BCUT2D eigenvalue weighted by molar-refractivity contribution is 7.93. The number of epoxide rings is 1. The largest absolute Gasteiger partial charge is 0.370 e. The van der Waals surface area contributed by atoms with Gasteiger partial charge >= 0.3 is 0 Å². The fourth-order valence-corrected chi connectivity index (χ4v) is 4.33. The van der Waals surface area contributed by atoms with Crippen LogP contribution in [0.3, 0.4) is 0 Å². The van der Waals surface area contributed by atoms with E-state index in [2.05, 4.69) is 0 Å². The highest BCUT2D eigenvalue weighted by Crippen LogP contribution is 2.49. The van der Waals surface area contributed by atoms with Gasteiger partial charge < -0.3 is 4.74 Å². The maximum Gasteiger partial charge on any atom is 0.155 e. The zero-order valence-corrected chi connectivity index (χ0v) is 9.15. The summed E-state index contributed by atoms with van der Waals surface area (Å²) in [5.74, 6) is 0.494. The molecule has 2 saturated heterocycles. The highest BCUT2D eigenvalue weighted by atomic mass is 32.2. The van der Waals surface area contributed by atoms with Crippen molar-refractivity contribution >= 4 is 9.84 Å². The van der Waals surface area contributed by atoms with Crippen molar-refractivity contribution in [3.8, 4) is 0 Å². The van der Waals surface area contributed by atoms with E-state index in [1.165, 1.54) is 0 Å². The predicted octanol–water partition coefficient (Wildman–Crippen LogP) is 0.989. The van der Waals surface area contributed by atoms with Gasteiger partial charge in [0.15, 0.2) is 9.84 Å². The van der Waals surface area contributed by atoms with Gasteiger partial charge in [0.05, 0.1) is 22.7 Å². The molecule has 2 aliphatic heterocycles. The molecule has 76 valence electrons. The second-order valence-electron chi connectivity index (χ2n) is 4.86. The van der Waals surface area contributed by atoms with E-state index in [9.17, 15) is 8.42 Å². The molecule has 0 aliphatic carbocycles. The first-order valence-electron chi connectivity index (χ1n) is 4.66. The topological polar surface area (TPSA) is 46.7 Å². The van der Waals surface area contributed by atoms with Crippen LogP contribution in [0.1, 0.15) is 27.2 Å². The van der Waals surface area contributed by atoms with Crippen molar-refractivity contribution in [2.75, 3.05) is 12.4 Å². The lowest BCUT2D eigenvalue weighted by Crippen LogP contribution is -2.40. The van der Waals surface area contributed by atoms with Crippen molar-refractivity contribution < 1.29 is 13.2 Å². The summed E-state index contributed by atoms with van der Waals surface area (Å²) in [4.78, 5) is 0. The van der Waals surface area contributed by atoms with Gasteiger partial charge in [0.1, 0.15) is 0 Å². The van der Waals surface area contributed by atoms with Gasteiger partial charge in [-0.3, -0.25) is 0 Å². The summed E-state index contributed by atoms with van der Waals surface area (Å²) in [7, 11) is -2.90. The molecule has 0 N–H and O–H groups in total. The van der Waals surface area contributed by atoms with E-state index in [0.29, 0.717) is 5.75 Å². The number of hydrogen-bond donors (Lipinski definition) is 0. The number of sulfone groups is 1. The average Bonchev–Trinajstić information content (AvgIpc) is 2.62. The van der Waals surface area contributed by atoms with E-state index in [1.54, 1.807) is 0 Å². The molecule has 13 heavy (non-hydrogen) atoms. The van der Waals surface area contributed by atoms with Crippen LogP contribution in [0.2, 0.25) is 0 Å². The summed E-state index contributed by atoms with van der Waals surface area (Å²) in [5.41, 5.74) is -0.160. The minimum atomic E-state index is -2.90. The van der Waals surface area contributed by atoms with Crippen LogP contribution in [0.4, 0.5) is 0 Å². The Morgan fingerprint density at radius 1 is 1.31 bits per heavy atom. The Kier molecular flexibility index (Phi) is 1.66. The van der Waals surface area contributed by atoms with Gasteiger partial charge in [-0.2, -0.15) is 0 Å². The van der Waals surface area contributed by atoms with Gasteiger partial charge in [0.25, 0.3) is 0 Å². The Morgan fingerprint density at radius 2 is 1.85 bits per heavy atom. The standard InChI is InChI=1S/C9H16O3S/c1-8(2)7(9(3)6-12-9)4-5-13(8,10)11/h7H,4-6H2,1-3H3. The van der Waals surface area contributed by atoms with Crippen LogP contribution in [-0.2, 0) is 14.6 Å². The third kappa shape index (κ3) is 1.15. The molecule has 2 rings (SSSR count). The Morgan fingerprint density at radius 3 is 2.15 bits per heavy atom. The summed E-state index contributed by atoms with van der Waals surface area (Å²) in [6.45, 7) is 6.39. The lowest BCUT2D eigenvalue weighted by molar-refractivity contribution is 0.206. The first-order valence-corrected chi connectivity index (χ1v) is 6.31. The minimum absolute atomic E-state index is 0.160. The van der Waals surface area contributed by atoms with E-state index in [4.69, 9.17) is 4.74 Å². The van der Waals surface area contributed by atoms with Gasteiger partial charge in [-0.1, -0.05) is 0 Å². The smallest absolute Gasteiger partial charge is 0.155 e. The summed E-state index contributed by atoms with van der Waals surface area (Å²) >= 11 is 0. The summed E-state index contributed by atoms with van der Waals surface area (Å²) in [5, 5.41) is 0. The van der Waals surface area contributed by atoms with Gasteiger partial charge in [0.2, 0.25) is 0 Å². The molecule has 0 bridgehead atoms. The highest BCUT2D eigenvalue weighted by Gasteiger charge is 2.60. The second-order valence-corrected chi connectivity index (χ2v) is 7.55. The predicted molar refractivity (Wildman–Crippen MR) is 50.3 cm³/mol. The number of hydrogen-bond acceptors (Lipinski definition) is 3. The SMILES string of the molecule is CC1(C2CCS(=O)(=O)C2(C)C)CO1. The second kappa shape index (κ2) is 2.28. The summed E-state index contributed by atoms with van der Waals surface area (Å²) in [6.07, 6.45) is 0.756. The quantitative estimate of drug-likeness (QED) is 0.598. The van der Waals surface area contributed by atoms with Crippen molar-refractivity contribution in [1.29, 1.82) is 0 Å². The van der Waals surface area contributed by atoms with E-state index >= 15 is 0 Å². The third-order valence-electron chi connectivity index (χ3n) is 3.65. The van der Waals surface area contributed by atoms with Crippen LogP contribution in [0, 0.1) is 5.92 Å². The molecule has 0 aromatic rings. The van der Waals surface area contributed by atoms with E-state index in [0.717, 1.165) is 13.0 Å². The van der Waals surface area contributed by atoms with Gasteiger partial charge in [-0.25, -0.2) is 8.42 Å². The van der Waals surface area contributed by atoms with E-state index in [-0.39, 0.29) is 11.5 Å². The molecule has 0 radical (unpaired) electrons. The molecular formula is C9H16O3S. The fourth-order valence-electron chi connectivity index (χ4n) is 2.46. The Bertz CT molecular complexity index is 325. The molecule has 0 aromatic carbocycles. The monoisotopic (exact) mass is 204 g/mol. The Balaban J connectivity index is 2.35. The number of ether oxygens (including phenoxy) is 1. The van der Waals surface area contributed by atoms with Gasteiger partial charge in [-0.05, 0) is 27.2 Å². The number of rotatable bonds is 1. The minimum Gasteiger partial charge on any atom is -0.370 e. The molecule has 2 aliphatic rings. The van der Waals surface area contributed by atoms with Crippen molar-refractivity contribution in [3.63, 3.8) is 0 Å².